The lowest BCUT2D eigenvalue weighted by atomic mass is 9.78. The molecule has 2 amide bonds. The molecule has 0 aromatic rings. The van der Waals surface area contributed by atoms with Gasteiger partial charge in [0.1, 0.15) is 0 Å². The van der Waals surface area contributed by atoms with Crippen LogP contribution in [0.4, 0.5) is 0 Å². The summed E-state index contributed by atoms with van der Waals surface area (Å²) in [7, 11) is -1.48. The fourth-order valence-electron chi connectivity index (χ4n) is 3.55. The molecule has 2 fully saturated rings. The highest BCUT2D eigenvalue weighted by molar-refractivity contribution is 6.43. The van der Waals surface area contributed by atoms with Gasteiger partial charge in [-0.05, 0) is 25.7 Å². The van der Waals surface area contributed by atoms with Crippen LogP contribution >= 0.6 is 0 Å². The van der Waals surface area contributed by atoms with E-state index in [9.17, 15) is 19.6 Å². The molecule has 2 aliphatic heterocycles. The van der Waals surface area contributed by atoms with E-state index in [-0.39, 0.29) is 24.4 Å². The summed E-state index contributed by atoms with van der Waals surface area (Å²) in [5.74, 6) is -0.460. The van der Waals surface area contributed by atoms with Gasteiger partial charge in [-0.3, -0.25) is 9.59 Å². The Hall–Kier alpha value is -1.12. The topological polar surface area (TPSA) is 93.1 Å². The van der Waals surface area contributed by atoms with E-state index in [1.807, 2.05) is 25.7 Å². The van der Waals surface area contributed by atoms with Gasteiger partial charge in [0.05, 0.1) is 12.5 Å². The lowest BCUT2D eigenvalue weighted by Crippen LogP contribution is -2.53. The van der Waals surface area contributed by atoms with Crippen LogP contribution < -0.4 is 5.32 Å². The molecule has 2 atom stereocenters. The smallest absolute Gasteiger partial charge is 0.426 e. The van der Waals surface area contributed by atoms with E-state index in [2.05, 4.69) is 5.32 Å². The van der Waals surface area contributed by atoms with Crippen LogP contribution in [0.15, 0.2) is 0 Å². The summed E-state index contributed by atoms with van der Waals surface area (Å²) in [6.07, 6.45) is 3.29. The minimum Gasteiger partial charge on any atom is -0.426 e. The molecule has 7 nitrogen and oxygen atoms in total. The van der Waals surface area contributed by atoms with E-state index in [1.165, 1.54) is 0 Å². The Kier molecular flexibility index (Phi) is 6.28. The number of amides is 2. The third-order valence-electron chi connectivity index (χ3n) is 4.86. The maximum atomic E-state index is 12.4. The number of nitrogens with zero attached hydrogens (tertiary/aromatic N) is 2. The molecule has 2 saturated heterocycles. The van der Waals surface area contributed by atoms with Gasteiger partial charge in [-0.15, -0.1) is 0 Å². The van der Waals surface area contributed by atoms with Crippen molar-refractivity contribution in [3.63, 3.8) is 0 Å². The molecule has 0 aromatic carbocycles. The zero-order chi connectivity index (χ0) is 17.9. The van der Waals surface area contributed by atoms with Crippen molar-refractivity contribution in [3.8, 4) is 0 Å². The second-order valence-corrected chi connectivity index (χ2v) is 7.93. The van der Waals surface area contributed by atoms with E-state index in [4.69, 9.17) is 0 Å². The Morgan fingerprint density at radius 3 is 2.46 bits per heavy atom. The first-order valence-corrected chi connectivity index (χ1v) is 8.88. The van der Waals surface area contributed by atoms with Crippen molar-refractivity contribution in [1.29, 1.82) is 0 Å². The van der Waals surface area contributed by atoms with E-state index < -0.39 is 18.5 Å². The summed E-state index contributed by atoms with van der Waals surface area (Å²) in [5, 5.41) is 22.0. The Morgan fingerprint density at radius 1 is 1.17 bits per heavy atom. The average Bonchev–Trinajstić information content (AvgIpc) is 3.01. The predicted molar refractivity (Wildman–Crippen MR) is 92.0 cm³/mol. The molecule has 0 bridgehead atoms. The van der Waals surface area contributed by atoms with Crippen LogP contribution in [0.3, 0.4) is 0 Å². The standard InChI is InChI=1S/C16H30BN3O4/c1-16(2,3)15(22)19-8-4-6-12(11-19)18-10-14(21)20-9-5-7-13(20)17(23)24/h12-13,18,23-24H,4-11H2,1-3H3/t12-,13+/m1/s1. The van der Waals surface area contributed by atoms with Gasteiger partial charge in [-0.1, -0.05) is 20.8 Å². The summed E-state index contributed by atoms with van der Waals surface area (Å²) >= 11 is 0. The van der Waals surface area contributed by atoms with Gasteiger partial charge < -0.3 is 25.2 Å². The molecule has 2 rings (SSSR count). The number of carbonyl (C=O) groups excluding carboxylic acids is 2. The maximum absolute atomic E-state index is 12.4. The first-order chi connectivity index (χ1) is 11.2. The summed E-state index contributed by atoms with van der Waals surface area (Å²) in [6.45, 7) is 7.90. The molecule has 2 heterocycles. The van der Waals surface area contributed by atoms with E-state index >= 15 is 0 Å². The number of hydrogen-bond donors (Lipinski definition) is 3. The molecule has 0 spiro atoms. The summed E-state index contributed by atoms with van der Waals surface area (Å²) in [5.41, 5.74) is -0.391. The zero-order valence-electron chi connectivity index (χ0n) is 15.0. The Bertz CT molecular complexity index is 467. The number of nitrogens with one attached hydrogen (secondary N) is 1. The largest absolute Gasteiger partial charge is 0.475 e. The molecule has 0 radical (unpaired) electrons. The number of hydrogen-bond acceptors (Lipinski definition) is 5. The molecule has 8 heteroatoms. The van der Waals surface area contributed by atoms with Crippen LogP contribution in [-0.2, 0) is 9.59 Å². The molecule has 0 aliphatic carbocycles. The van der Waals surface area contributed by atoms with E-state index in [0.717, 1.165) is 25.8 Å². The van der Waals surface area contributed by atoms with Gasteiger partial charge >= 0.3 is 7.12 Å². The van der Waals surface area contributed by atoms with Crippen molar-refractivity contribution in [1.82, 2.24) is 15.1 Å². The maximum Gasteiger partial charge on any atom is 0.475 e. The highest BCUT2D eigenvalue weighted by Gasteiger charge is 2.37. The van der Waals surface area contributed by atoms with Crippen LogP contribution in [-0.4, -0.2) is 76.9 Å². The highest BCUT2D eigenvalue weighted by atomic mass is 16.4. The summed E-state index contributed by atoms with van der Waals surface area (Å²) < 4.78 is 0. The third kappa shape index (κ3) is 4.71. The van der Waals surface area contributed by atoms with Crippen molar-refractivity contribution in [2.45, 2.75) is 58.4 Å². The zero-order valence-corrected chi connectivity index (χ0v) is 15.0. The fraction of sp³-hybridized carbons (Fsp3) is 0.875. The third-order valence-corrected chi connectivity index (χ3v) is 4.86. The molecule has 136 valence electrons. The van der Waals surface area contributed by atoms with Gasteiger partial charge in [0.25, 0.3) is 0 Å². The SMILES string of the molecule is CC(C)(C)C(=O)N1CCC[C@@H](NCC(=O)N2CCC[C@H]2B(O)O)C1. The van der Waals surface area contributed by atoms with Crippen molar-refractivity contribution in [3.05, 3.63) is 0 Å². The van der Waals surface area contributed by atoms with Crippen LogP contribution in [0, 0.1) is 5.41 Å². The molecule has 24 heavy (non-hydrogen) atoms. The van der Waals surface area contributed by atoms with Gasteiger partial charge in [0.2, 0.25) is 11.8 Å². The molecule has 0 aromatic heterocycles. The minimum absolute atomic E-state index is 0.106. The van der Waals surface area contributed by atoms with Crippen molar-refractivity contribution in [2.75, 3.05) is 26.2 Å². The van der Waals surface area contributed by atoms with Gasteiger partial charge in [0.15, 0.2) is 0 Å². The van der Waals surface area contributed by atoms with Crippen molar-refractivity contribution >= 4 is 18.9 Å². The summed E-state index contributed by atoms with van der Waals surface area (Å²) in [4.78, 5) is 28.2. The van der Waals surface area contributed by atoms with Crippen LogP contribution in [0.5, 0.6) is 0 Å². The van der Waals surface area contributed by atoms with Crippen molar-refractivity contribution in [2.24, 2.45) is 5.41 Å². The van der Waals surface area contributed by atoms with Gasteiger partial charge in [0, 0.05) is 31.1 Å². The number of piperidine rings is 1. The highest BCUT2D eigenvalue weighted by Crippen LogP contribution is 2.21. The quantitative estimate of drug-likeness (QED) is 0.607. The second kappa shape index (κ2) is 7.84. The Labute approximate surface area is 144 Å². The molecular formula is C16H30BN3O4. The molecule has 0 unspecified atom stereocenters. The van der Waals surface area contributed by atoms with E-state index in [1.54, 1.807) is 4.90 Å². The second-order valence-electron chi connectivity index (χ2n) is 7.93. The number of carbonyl (C=O) groups is 2. The lowest BCUT2D eigenvalue weighted by Gasteiger charge is -2.37. The molecular weight excluding hydrogens is 309 g/mol. The first-order valence-electron chi connectivity index (χ1n) is 8.88. The van der Waals surface area contributed by atoms with Gasteiger partial charge in [-0.2, -0.15) is 0 Å². The Morgan fingerprint density at radius 2 is 1.83 bits per heavy atom. The van der Waals surface area contributed by atoms with E-state index in [0.29, 0.717) is 19.5 Å². The van der Waals surface area contributed by atoms with Crippen LogP contribution in [0.25, 0.3) is 0 Å². The molecule has 0 saturated carbocycles. The molecule has 3 N–H and O–H groups in total. The number of rotatable bonds is 4. The monoisotopic (exact) mass is 339 g/mol. The van der Waals surface area contributed by atoms with Crippen LogP contribution in [0.1, 0.15) is 46.5 Å². The lowest BCUT2D eigenvalue weighted by molar-refractivity contribution is -0.140. The molecule has 2 aliphatic rings. The first kappa shape index (κ1) is 19.2. The Balaban J connectivity index is 1.83. The number of likely N-dealkylation sites (tertiary alicyclic amines) is 2. The minimum atomic E-state index is -1.48. The van der Waals surface area contributed by atoms with Crippen molar-refractivity contribution < 1.29 is 19.6 Å². The average molecular weight is 339 g/mol. The normalized spacial score (nSPS) is 25.0. The fourth-order valence-corrected chi connectivity index (χ4v) is 3.55. The van der Waals surface area contributed by atoms with Crippen LogP contribution in [0.2, 0.25) is 0 Å². The van der Waals surface area contributed by atoms with Gasteiger partial charge in [-0.25, -0.2) is 0 Å². The predicted octanol–water partition coefficient (Wildman–Crippen LogP) is -0.384. The summed E-state index contributed by atoms with van der Waals surface area (Å²) in [6, 6.07) is 0.106.